The molecular formula is C13H25NO2. The number of rotatable bonds is 4. The predicted molar refractivity (Wildman–Crippen MR) is 64.3 cm³/mol. The van der Waals surface area contributed by atoms with Gasteiger partial charge in [0, 0.05) is 6.54 Å². The zero-order valence-electron chi connectivity index (χ0n) is 10.6. The van der Waals surface area contributed by atoms with Gasteiger partial charge in [-0.25, -0.2) is 0 Å². The van der Waals surface area contributed by atoms with Crippen LogP contribution in [-0.4, -0.2) is 31.0 Å². The fraction of sp³-hybridized carbons (Fsp3) is 1.00. The molecule has 1 heterocycles. The van der Waals surface area contributed by atoms with Gasteiger partial charge in [-0.05, 0) is 44.9 Å². The third-order valence-corrected chi connectivity index (χ3v) is 4.08. The Morgan fingerprint density at radius 2 is 2.12 bits per heavy atom. The fourth-order valence-corrected chi connectivity index (χ4v) is 3.00. The largest absolute Gasteiger partial charge is 0.373 e. The lowest BCUT2D eigenvalue weighted by atomic mass is 10.0. The van der Waals surface area contributed by atoms with Crippen LogP contribution < -0.4 is 5.73 Å². The third kappa shape index (κ3) is 2.76. The van der Waals surface area contributed by atoms with E-state index in [1.807, 2.05) is 0 Å². The van der Waals surface area contributed by atoms with Gasteiger partial charge in [-0.1, -0.05) is 6.92 Å². The van der Waals surface area contributed by atoms with Crippen molar-refractivity contribution in [3.8, 4) is 0 Å². The zero-order valence-corrected chi connectivity index (χ0v) is 10.6. The van der Waals surface area contributed by atoms with Crippen LogP contribution in [0.15, 0.2) is 0 Å². The molecule has 0 amide bonds. The molecule has 0 aromatic carbocycles. The van der Waals surface area contributed by atoms with Crippen LogP contribution in [0, 0.1) is 5.92 Å². The number of nitrogens with two attached hydrogens (primary N) is 1. The number of hydrogen-bond acceptors (Lipinski definition) is 3. The zero-order chi connectivity index (χ0) is 11.6. The van der Waals surface area contributed by atoms with E-state index in [1.54, 1.807) is 0 Å². The topological polar surface area (TPSA) is 44.5 Å². The van der Waals surface area contributed by atoms with Gasteiger partial charge < -0.3 is 15.2 Å². The van der Waals surface area contributed by atoms with Gasteiger partial charge in [0.1, 0.15) is 0 Å². The second kappa shape index (κ2) is 5.03. The van der Waals surface area contributed by atoms with E-state index in [2.05, 4.69) is 13.8 Å². The Labute approximate surface area is 98.7 Å². The molecule has 16 heavy (non-hydrogen) atoms. The van der Waals surface area contributed by atoms with Crippen LogP contribution in [0.3, 0.4) is 0 Å². The van der Waals surface area contributed by atoms with E-state index in [0.29, 0.717) is 18.8 Å². The van der Waals surface area contributed by atoms with E-state index < -0.39 is 0 Å². The molecule has 94 valence electrons. The van der Waals surface area contributed by atoms with E-state index in [1.165, 1.54) is 12.8 Å². The summed E-state index contributed by atoms with van der Waals surface area (Å²) in [6, 6.07) is 0. The monoisotopic (exact) mass is 227 g/mol. The molecule has 2 fully saturated rings. The van der Waals surface area contributed by atoms with Gasteiger partial charge in [0.05, 0.1) is 24.4 Å². The molecule has 0 spiro atoms. The van der Waals surface area contributed by atoms with Crippen LogP contribution in [-0.2, 0) is 9.47 Å². The number of ether oxygens (including phenoxy) is 2. The van der Waals surface area contributed by atoms with Gasteiger partial charge in [-0.3, -0.25) is 0 Å². The first kappa shape index (κ1) is 12.3. The predicted octanol–water partition coefficient (Wildman–Crippen LogP) is 2.09. The lowest BCUT2D eigenvalue weighted by molar-refractivity contribution is -0.0857. The van der Waals surface area contributed by atoms with Crippen molar-refractivity contribution in [1.82, 2.24) is 0 Å². The number of hydrogen-bond donors (Lipinski definition) is 1. The lowest BCUT2D eigenvalue weighted by Gasteiger charge is -2.29. The molecule has 1 saturated carbocycles. The van der Waals surface area contributed by atoms with Crippen molar-refractivity contribution < 1.29 is 9.47 Å². The van der Waals surface area contributed by atoms with Crippen molar-refractivity contribution in [3.05, 3.63) is 0 Å². The summed E-state index contributed by atoms with van der Waals surface area (Å²) in [4.78, 5) is 0. The molecule has 3 heteroatoms. The highest BCUT2D eigenvalue weighted by molar-refractivity contribution is 4.91. The van der Waals surface area contributed by atoms with E-state index in [4.69, 9.17) is 15.2 Å². The maximum absolute atomic E-state index is 6.09. The molecule has 1 aliphatic carbocycles. The standard InChI is InChI=1S/C13H25NO2/c1-10-5-6-13(7-10,9-14)15-8-12-4-3-11(2)16-12/h10-12H,3-9,14H2,1-2H3. The smallest absolute Gasteiger partial charge is 0.0813 e. The first-order chi connectivity index (χ1) is 7.63. The highest BCUT2D eigenvalue weighted by Gasteiger charge is 2.38. The SMILES string of the molecule is CC1CCC(CN)(OCC2CCC(C)O2)C1. The molecule has 0 bridgehead atoms. The van der Waals surface area contributed by atoms with Crippen LogP contribution in [0.2, 0.25) is 0 Å². The molecular weight excluding hydrogens is 202 g/mol. The quantitative estimate of drug-likeness (QED) is 0.800. The molecule has 4 unspecified atom stereocenters. The minimum Gasteiger partial charge on any atom is -0.373 e. The van der Waals surface area contributed by atoms with Gasteiger partial charge in [0.2, 0.25) is 0 Å². The summed E-state index contributed by atoms with van der Waals surface area (Å²) in [5.41, 5.74) is 5.83. The first-order valence-electron chi connectivity index (χ1n) is 6.63. The van der Waals surface area contributed by atoms with E-state index in [0.717, 1.165) is 31.8 Å². The summed E-state index contributed by atoms with van der Waals surface area (Å²) in [5.74, 6) is 0.756. The van der Waals surface area contributed by atoms with Gasteiger partial charge in [-0.15, -0.1) is 0 Å². The van der Waals surface area contributed by atoms with Crippen LogP contribution in [0.25, 0.3) is 0 Å². The molecule has 0 radical (unpaired) electrons. The van der Waals surface area contributed by atoms with E-state index in [9.17, 15) is 0 Å². The van der Waals surface area contributed by atoms with Crippen LogP contribution in [0.4, 0.5) is 0 Å². The van der Waals surface area contributed by atoms with Gasteiger partial charge >= 0.3 is 0 Å². The van der Waals surface area contributed by atoms with E-state index >= 15 is 0 Å². The lowest BCUT2D eigenvalue weighted by Crippen LogP contribution is -2.40. The Morgan fingerprint density at radius 1 is 1.31 bits per heavy atom. The molecule has 0 aromatic heterocycles. The Kier molecular flexibility index (Phi) is 3.88. The van der Waals surface area contributed by atoms with Crippen LogP contribution >= 0.6 is 0 Å². The molecule has 2 aliphatic rings. The molecule has 1 aliphatic heterocycles. The average molecular weight is 227 g/mol. The van der Waals surface area contributed by atoms with Crippen molar-refractivity contribution in [2.75, 3.05) is 13.2 Å². The maximum Gasteiger partial charge on any atom is 0.0813 e. The van der Waals surface area contributed by atoms with Gasteiger partial charge in [0.25, 0.3) is 0 Å². The first-order valence-corrected chi connectivity index (χ1v) is 6.63. The highest BCUT2D eigenvalue weighted by Crippen LogP contribution is 2.37. The molecule has 2 rings (SSSR count). The van der Waals surface area contributed by atoms with Crippen molar-refractivity contribution in [2.24, 2.45) is 11.7 Å². The second-order valence-electron chi connectivity index (χ2n) is 5.69. The average Bonchev–Trinajstić information content (AvgIpc) is 2.83. The molecule has 0 aromatic rings. The summed E-state index contributed by atoms with van der Waals surface area (Å²) < 4.78 is 11.9. The molecule has 4 atom stereocenters. The molecule has 1 saturated heterocycles. The van der Waals surface area contributed by atoms with Crippen LogP contribution in [0.5, 0.6) is 0 Å². The second-order valence-corrected chi connectivity index (χ2v) is 5.69. The van der Waals surface area contributed by atoms with Crippen molar-refractivity contribution in [3.63, 3.8) is 0 Å². The summed E-state index contributed by atoms with van der Waals surface area (Å²) in [5, 5.41) is 0. The summed E-state index contributed by atoms with van der Waals surface area (Å²) in [6.07, 6.45) is 6.49. The third-order valence-electron chi connectivity index (χ3n) is 4.08. The summed E-state index contributed by atoms with van der Waals surface area (Å²) in [7, 11) is 0. The normalized spacial score (nSPS) is 44.1. The van der Waals surface area contributed by atoms with Crippen LogP contribution in [0.1, 0.15) is 46.0 Å². The minimum atomic E-state index is -0.0470. The van der Waals surface area contributed by atoms with Crippen molar-refractivity contribution >= 4 is 0 Å². The van der Waals surface area contributed by atoms with Crippen molar-refractivity contribution in [1.29, 1.82) is 0 Å². The Morgan fingerprint density at radius 3 is 2.62 bits per heavy atom. The molecule has 2 N–H and O–H groups in total. The Balaban J connectivity index is 1.79. The van der Waals surface area contributed by atoms with Gasteiger partial charge in [0.15, 0.2) is 0 Å². The van der Waals surface area contributed by atoms with Gasteiger partial charge in [-0.2, -0.15) is 0 Å². The summed E-state index contributed by atoms with van der Waals surface area (Å²) in [6.45, 7) is 5.80. The maximum atomic E-state index is 6.09. The highest BCUT2D eigenvalue weighted by atomic mass is 16.6. The molecule has 3 nitrogen and oxygen atoms in total. The van der Waals surface area contributed by atoms with E-state index in [-0.39, 0.29) is 5.60 Å². The Hall–Kier alpha value is -0.120. The minimum absolute atomic E-state index is 0.0470. The fourth-order valence-electron chi connectivity index (χ4n) is 3.00. The summed E-state index contributed by atoms with van der Waals surface area (Å²) >= 11 is 0. The Bertz CT molecular complexity index is 234. The van der Waals surface area contributed by atoms with Crippen molar-refractivity contribution in [2.45, 2.75) is 63.8 Å².